The zero-order valence-corrected chi connectivity index (χ0v) is 9.14. The molecule has 0 aliphatic rings. The van der Waals surface area contributed by atoms with Gasteiger partial charge in [-0.15, -0.1) is 0 Å². The van der Waals surface area contributed by atoms with Gasteiger partial charge in [0, 0.05) is 13.0 Å². The second-order valence-electron chi connectivity index (χ2n) is 2.80. The summed E-state index contributed by atoms with van der Waals surface area (Å²) in [4.78, 5) is 25.3. The maximum Gasteiger partial charge on any atom is 0.308 e. The predicted octanol–water partition coefficient (Wildman–Crippen LogP) is 0.837. The summed E-state index contributed by atoms with van der Waals surface area (Å²) in [7, 11) is 2.75. The van der Waals surface area contributed by atoms with Gasteiger partial charge < -0.3 is 14.2 Å². The molecule has 0 aliphatic heterocycles. The van der Waals surface area contributed by atoms with Crippen molar-refractivity contribution in [3.63, 3.8) is 0 Å². The van der Waals surface area contributed by atoms with Crippen LogP contribution in [0.2, 0.25) is 0 Å². The lowest BCUT2D eigenvalue weighted by Gasteiger charge is -2.11. The molecule has 0 amide bonds. The minimum atomic E-state index is -0.525. The van der Waals surface area contributed by atoms with E-state index in [-0.39, 0.29) is 23.1 Å². The summed E-state index contributed by atoms with van der Waals surface area (Å²) >= 11 is 0. The SMILES string of the molecule is COc1nc(C=O)cc(OC(C)=O)c1OC. The molecule has 16 heavy (non-hydrogen) atoms. The Hall–Kier alpha value is -2.11. The van der Waals surface area contributed by atoms with Crippen LogP contribution in [0.5, 0.6) is 17.4 Å². The van der Waals surface area contributed by atoms with E-state index in [9.17, 15) is 9.59 Å². The van der Waals surface area contributed by atoms with Crippen molar-refractivity contribution >= 4 is 12.3 Å². The molecule has 1 aromatic heterocycles. The first kappa shape index (κ1) is 12.0. The molecule has 0 N–H and O–H groups in total. The number of carbonyl (C=O) groups excluding carboxylic acids is 2. The van der Waals surface area contributed by atoms with Crippen LogP contribution in [-0.2, 0) is 4.79 Å². The van der Waals surface area contributed by atoms with E-state index in [1.54, 1.807) is 0 Å². The first-order valence-electron chi connectivity index (χ1n) is 4.39. The molecule has 1 aromatic rings. The normalized spacial score (nSPS) is 9.44. The second kappa shape index (κ2) is 5.11. The minimum Gasteiger partial charge on any atom is -0.489 e. The monoisotopic (exact) mass is 225 g/mol. The highest BCUT2D eigenvalue weighted by molar-refractivity contribution is 5.76. The topological polar surface area (TPSA) is 74.7 Å². The van der Waals surface area contributed by atoms with Crippen molar-refractivity contribution in [1.29, 1.82) is 0 Å². The van der Waals surface area contributed by atoms with Crippen molar-refractivity contribution in [3.8, 4) is 17.4 Å². The molecule has 0 aromatic carbocycles. The average molecular weight is 225 g/mol. The molecule has 0 radical (unpaired) electrons. The maximum absolute atomic E-state index is 10.9. The van der Waals surface area contributed by atoms with Gasteiger partial charge in [-0.3, -0.25) is 9.59 Å². The van der Waals surface area contributed by atoms with E-state index >= 15 is 0 Å². The molecule has 0 saturated carbocycles. The van der Waals surface area contributed by atoms with Crippen LogP contribution in [-0.4, -0.2) is 31.5 Å². The number of carbonyl (C=O) groups is 2. The van der Waals surface area contributed by atoms with Gasteiger partial charge in [0.25, 0.3) is 5.88 Å². The van der Waals surface area contributed by atoms with Gasteiger partial charge in [0.1, 0.15) is 5.69 Å². The third-order valence-electron chi connectivity index (χ3n) is 1.70. The molecule has 6 nitrogen and oxygen atoms in total. The summed E-state index contributed by atoms with van der Waals surface area (Å²) in [6.07, 6.45) is 0.523. The van der Waals surface area contributed by atoms with E-state index in [2.05, 4.69) is 4.98 Å². The van der Waals surface area contributed by atoms with Crippen LogP contribution in [0.15, 0.2) is 6.07 Å². The number of hydrogen-bond acceptors (Lipinski definition) is 6. The Morgan fingerprint density at radius 2 is 2.06 bits per heavy atom. The first-order valence-corrected chi connectivity index (χ1v) is 4.39. The standard InChI is InChI=1S/C10H11NO5/c1-6(13)16-8-4-7(5-12)11-10(15-3)9(8)14-2/h4-5H,1-3H3. The zero-order valence-electron chi connectivity index (χ0n) is 9.14. The Kier molecular flexibility index (Phi) is 3.82. The average Bonchev–Trinajstić information content (AvgIpc) is 2.27. The lowest BCUT2D eigenvalue weighted by atomic mass is 10.3. The van der Waals surface area contributed by atoms with Crippen LogP contribution in [0, 0.1) is 0 Å². The van der Waals surface area contributed by atoms with Gasteiger partial charge in [-0.2, -0.15) is 0 Å². The fourth-order valence-corrected chi connectivity index (χ4v) is 1.12. The summed E-state index contributed by atoms with van der Waals surface area (Å²) < 4.78 is 14.8. The molecule has 0 bridgehead atoms. The molecule has 6 heteroatoms. The Morgan fingerprint density at radius 1 is 1.38 bits per heavy atom. The Labute approximate surface area is 92.1 Å². The predicted molar refractivity (Wildman–Crippen MR) is 54.0 cm³/mol. The highest BCUT2D eigenvalue weighted by Crippen LogP contribution is 2.35. The summed E-state index contributed by atoms with van der Waals surface area (Å²) in [5, 5.41) is 0. The van der Waals surface area contributed by atoms with Gasteiger partial charge in [-0.05, 0) is 0 Å². The van der Waals surface area contributed by atoms with Crippen molar-refractivity contribution in [2.45, 2.75) is 6.92 Å². The lowest BCUT2D eigenvalue weighted by molar-refractivity contribution is -0.132. The number of hydrogen-bond donors (Lipinski definition) is 0. The first-order chi connectivity index (χ1) is 7.62. The van der Waals surface area contributed by atoms with Gasteiger partial charge in [0.05, 0.1) is 14.2 Å². The van der Waals surface area contributed by atoms with Gasteiger partial charge in [-0.1, -0.05) is 0 Å². The molecular weight excluding hydrogens is 214 g/mol. The van der Waals surface area contributed by atoms with Crippen LogP contribution >= 0.6 is 0 Å². The molecular formula is C10H11NO5. The highest BCUT2D eigenvalue weighted by Gasteiger charge is 2.16. The van der Waals surface area contributed by atoms with Gasteiger partial charge in [-0.25, -0.2) is 4.98 Å². The summed E-state index contributed by atoms with van der Waals surface area (Å²) in [5.74, 6) is -0.168. The number of ether oxygens (including phenoxy) is 3. The lowest BCUT2D eigenvalue weighted by Crippen LogP contribution is -2.06. The van der Waals surface area contributed by atoms with Crippen molar-refractivity contribution in [3.05, 3.63) is 11.8 Å². The fraction of sp³-hybridized carbons (Fsp3) is 0.300. The maximum atomic E-state index is 10.9. The highest BCUT2D eigenvalue weighted by atomic mass is 16.6. The quantitative estimate of drug-likeness (QED) is 0.558. The number of pyridine rings is 1. The van der Waals surface area contributed by atoms with E-state index in [4.69, 9.17) is 14.2 Å². The van der Waals surface area contributed by atoms with Crippen LogP contribution < -0.4 is 14.2 Å². The second-order valence-corrected chi connectivity index (χ2v) is 2.80. The van der Waals surface area contributed by atoms with E-state index in [0.29, 0.717) is 6.29 Å². The summed E-state index contributed by atoms with van der Waals surface area (Å²) in [6, 6.07) is 1.30. The van der Waals surface area contributed by atoms with E-state index < -0.39 is 5.97 Å². The van der Waals surface area contributed by atoms with Crippen LogP contribution in [0.1, 0.15) is 17.4 Å². The third kappa shape index (κ3) is 2.47. The van der Waals surface area contributed by atoms with Crippen LogP contribution in [0.3, 0.4) is 0 Å². The summed E-state index contributed by atoms with van der Waals surface area (Å²) in [6.45, 7) is 1.24. The van der Waals surface area contributed by atoms with Crippen LogP contribution in [0.4, 0.5) is 0 Å². The van der Waals surface area contributed by atoms with E-state index in [1.165, 1.54) is 27.2 Å². The van der Waals surface area contributed by atoms with Crippen molar-refractivity contribution in [2.24, 2.45) is 0 Å². The molecule has 0 fully saturated rings. The van der Waals surface area contributed by atoms with Crippen LogP contribution in [0.25, 0.3) is 0 Å². The van der Waals surface area contributed by atoms with E-state index in [0.717, 1.165) is 0 Å². The molecule has 0 atom stereocenters. The number of esters is 1. The van der Waals surface area contributed by atoms with Gasteiger partial charge in [0.2, 0.25) is 5.75 Å². The van der Waals surface area contributed by atoms with E-state index in [1.807, 2.05) is 0 Å². The largest absolute Gasteiger partial charge is 0.489 e. The minimum absolute atomic E-state index is 0.0864. The number of rotatable bonds is 4. The zero-order chi connectivity index (χ0) is 12.1. The molecule has 0 spiro atoms. The number of nitrogens with zero attached hydrogens (tertiary/aromatic N) is 1. The smallest absolute Gasteiger partial charge is 0.308 e. The molecule has 86 valence electrons. The van der Waals surface area contributed by atoms with Crippen molar-refractivity contribution in [2.75, 3.05) is 14.2 Å². The number of methoxy groups -OCH3 is 2. The van der Waals surface area contributed by atoms with Crippen molar-refractivity contribution in [1.82, 2.24) is 4.98 Å². The van der Waals surface area contributed by atoms with Gasteiger partial charge >= 0.3 is 5.97 Å². The van der Waals surface area contributed by atoms with Gasteiger partial charge in [0.15, 0.2) is 12.0 Å². The molecule has 0 unspecified atom stereocenters. The molecule has 1 rings (SSSR count). The molecule has 0 aliphatic carbocycles. The third-order valence-corrected chi connectivity index (χ3v) is 1.70. The van der Waals surface area contributed by atoms with Crippen molar-refractivity contribution < 1.29 is 23.8 Å². The summed E-state index contributed by atoms with van der Waals surface area (Å²) in [5.41, 5.74) is 0.0916. The fourth-order valence-electron chi connectivity index (χ4n) is 1.12. The Morgan fingerprint density at radius 3 is 2.50 bits per heavy atom. The Balaban J connectivity index is 3.30. The molecule has 1 heterocycles. The number of aromatic nitrogens is 1. The molecule has 0 saturated heterocycles. The Bertz CT molecular complexity index is 416. The number of aldehydes is 1.